The molecule has 5 heterocycles. The van der Waals surface area contributed by atoms with Gasteiger partial charge in [-0.1, -0.05) is 41.9 Å². The molecule has 41 heavy (non-hydrogen) atoms. The Hall–Kier alpha value is -3.27. The highest BCUT2D eigenvalue weighted by Crippen LogP contribution is 2.38. The second-order valence-electron chi connectivity index (χ2n) is 11.0. The van der Waals surface area contributed by atoms with E-state index in [1.165, 1.54) is 0 Å². The Bertz CT molecular complexity index is 1630. The van der Waals surface area contributed by atoms with Crippen LogP contribution in [-0.2, 0) is 4.79 Å². The van der Waals surface area contributed by atoms with Gasteiger partial charge >= 0.3 is 6.01 Å². The molecule has 2 bridgehead atoms. The van der Waals surface area contributed by atoms with Crippen LogP contribution in [0.1, 0.15) is 25.7 Å². The number of ether oxygens (including phenoxy) is 1. The zero-order valence-electron chi connectivity index (χ0n) is 22.3. The molecule has 2 atom stereocenters. The first-order chi connectivity index (χ1) is 20.0. The Morgan fingerprint density at radius 3 is 2.51 bits per heavy atom. The minimum absolute atomic E-state index is 0.0348. The smallest absolute Gasteiger partial charge is 0.319 e. The van der Waals surface area contributed by atoms with Crippen molar-refractivity contribution in [2.24, 2.45) is 0 Å². The SMILES string of the molecule is O=C(CCl)N1CCC(Oc2nc(N3CC4CCC(C3)N4)c3cnc(-c4cccc5cccc(Cl)c45)c(F)c3n2)CC1. The van der Waals surface area contributed by atoms with Crippen molar-refractivity contribution in [3.8, 4) is 17.3 Å². The summed E-state index contributed by atoms with van der Waals surface area (Å²) < 4.78 is 22.8. The first-order valence-electron chi connectivity index (χ1n) is 14.0. The molecule has 1 amide bonds. The second kappa shape index (κ2) is 10.9. The van der Waals surface area contributed by atoms with Gasteiger partial charge in [0.15, 0.2) is 5.82 Å². The van der Waals surface area contributed by atoms with Gasteiger partial charge in [-0.3, -0.25) is 9.78 Å². The summed E-state index contributed by atoms with van der Waals surface area (Å²) in [7, 11) is 0. The molecule has 0 spiro atoms. The van der Waals surface area contributed by atoms with E-state index in [4.69, 9.17) is 32.9 Å². The zero-order chi connectivity index (χ0) is 28.1. The van der Waals surface area contributed by atoms with Gasteiger partial charge in [-0.2, -0.15) is 9.97 Å². The van der Waals surface area contributed by atoms with E-state index in [2.05, 4.69) is 20.2 Å². The van der Waals surface area contributed by atoms with E-state index >= 15 is 4.39 Å². The van der Waals surface area contributed by atoms with E-state index in [0.29, 0.717) is 59.8 Å². The lowest BCUT2D eigenvalue weighted by molar-refractivity contribution is -0.130. The minimum atomic E-state index is -0.538. The molecule has 0 saturated carbocycles. The molecule has 3 aliphatic heterocycles. The average molecular weight is 596 g/mol. The number of anilines is 1. The lowest BCUT2D eigenvalue weighted by Gasteiger charge is -2.34. The lowest BCUT2D eigenvalue weighted by atomic mass is 10.0. The van der Waals surface area contributed by atoms with Crippen LogP contribution in [0.2, 0.25) is 5.02 Å². The van der Waals surface area contributed by atoms with Crippen LogP contribution in [0.4, 0.5) is 10.2 Å². The van der Waals surface area contributed by atoms with Crippen molar-refractivity contribution >= 4 is 56.6 Å². The molecule has 1 N–H and O–H groups in total. The first-order valence-corrected chi connectivity index (χ1v) is 14.9. The highest BCUT2D eigenvalue weighted by atomic mass is 35.5. The minimum Gasteiger partial charge on any atom is -0.460 e. The molecule has 3 aliphatic rings. The molecule has 2 aromatic heterocycles. The Morgan fingerprint density at radius 2 is 1.78 bits per heavy atom. The Balaban J connectivity index is 1.31. The quantitative estimate of drug-likeness (QED) is 0.318. The lowest BCUT2D eigenvalue weighted by Crippen LogP contribution is -2.51. The molecule has 2 aromatic carbocycles. The number of hydrogen-bond donors (Lipinski definition) is 1. The molecular formula is C30H29Cl2FN6O2. The summed E-state index contributed by atoms with van der Waals surface area (Å²) in [5, 5.41) is 6.36. The standard InChI is InChI=1S/C30H29Cl2FN6O2/c31-13-24(40)38-11-9-20(10-12-38)41-30-36-28-22(29(37-30)39-15-18-7-8-19(16-39)35-18)14-34-27(26(28)33)21-5-1-3-17-4-2-6-23(32)25(17)21/h1-6,14,18-20,35H,7-13,15-16H2. The predicted octanol–water partition coefficient (Wildman–Crippen LogP) is 5.19. The number of fused-ring (bicyclic) bond motifs is 4. The number of benzene rings is 2. The van der Waals surface area contributed by atoms with Crippen molar-refractivity contribution in [1.82, 2.24) is 25.2 Å². The van der Waals surface area contributed by atoms with Crippen LogP contribution < -0.4 is 15.0 Å². The molecule has 3 fully saturated rings. The number of carbonyl (C=O) groups is 1. The summed E-state index contributed by atoms with van der Waals surface area (Å²) in [5.74, 6) is -0.0261. The Morgan fingerprint density at radius 1 is 1.05 bits per heavy atom. The molecule has 7 rings (SSSR count). The van der Waals surface area contributed by atoms with Crippen molar-refractivity contribution in [3.05, 3.63) is 53.4 Å². The van der Waals surface area contributed by atoms with Crippen molar-refractivity contribution in [3.63, 3.8) is 0 Å². The molecule has 4 aromatic rings. The highest BCUT2D eigenvalue weighted by molar-refractivity contribution is 6.36. The van der Waals surface area contributed by atoms with E-state index in [9.17, 15) is 4.79 Å². The number of likely N-dealkylation sites (tertiary alicyclic amines) is 1. The van der Waals surface area contributed by atoms with E-state index < -0.39 is 5.82 Å². The molecule has 0 aliphatic carbocycles. The number of rotatable bonds is 5. The topological polar surface area (TPSA) is 83.5 Å². The van der Waals surface area contributed by atoms with Crippen LogP contribution >= 0.6 is 23.2 Å². The number of nitrogens with one attached hydrogen (secondary N) is 1. The summed E-state index contributed by atoms with van der Waals surface area (Å²) in [6, 6.07) is 12.1. The highest BCUT2D eigenvalue weighted by Gasteiger charge is 2.34. The number of nitrogens with zero attached hydrogens (tertiary/aromatic N) is 5. The van der Waals surface area contributed by atoms with Gasteiger partial charge in [-0.25, -0.2) is 4.39 Å². The monoisotopic (exact) mass is 594 g/mol. The van der Waals surface area contributed by atoms with Crippen LogP contribution in [0.15, 0.2) is 42.6 Å². The number of piperazine rings is 1. The molecule has 0 radical (unpaired) electrons. The molecule has 8 nitrogen and oxygen atoms in total. The van der Waals surface area contributed by atoms with Gasteiger partial charge in [0, 0.05) is 73.3 Å². The second-order valence-corrected chi connectivity index (χ2v) is 11.7. The number of halogens is 3. The van der Waals surface area contributed by atoms with Crippen LogP contribution in [0.3, 0.4) is 0 Å². The molecule has 2 unspecified atom stereocenters. The largest absolute Gasteiger partial charge is 0.460 e. The average Bonchev–Trinajstić information content (AvgIpc) is 3.34. The van der Waals surface area contributed by atoms with Gasteiger partial charge in [0.05, 0.1) is 5.39 Å². The first kappa shape index (κ1) is 26.6. The number of piperidine rings is 1. The maximum absolute atomic E-state index is 16.5. The van der Waals surface area contributed by atoms with E-state index in [1.54, 1.807) is 17.2 Å². The van der Waals surface area contributed by atoms with Gasteiger partial charge in [-0.15, -0.1) is 11.6 Å². The normalized spacial score (nSPS) is 21.1. The number of amides is 1. The Kier molecular flexibility index (Phi) is 7.05. The molecular weight excluding hydrogens is 566 g/mol. The third-order valence-corrected chi connectivity index (χ3v) is 8.99. The van der Waals surface area contributed by atoms with Gasteiger partial charge in [0.1, 0.15) is 29.0 Å². The summed E-state index contributed by atoms with van der Waals surface area (Å²) in [6.45, 7) is 2.62. The van der Waals surface area contributed by atoms with Crippen molar-refractivity contribution in [2.45, 2.75) is 43.9 Å². The van der Waals surface area contributed by atoms with Crippen molar-refractivity contribution < 1.29 is 13.9 Å². The van der Waals surface area contributed by atoms with E-state index in [0.717, 1.165) is 36.7 Å². The predicted molar refractivity (Wildman–Crippen MR) is 158 cm³/mol. The number of carbonyl (C=O) groups excluding carboxylic acids is 1. The van der Waals surface area contributed by atoms with Crippen LogP contribution in [0, 0.1) is 5.82 Å². The van der Waals surface area contributed by atoms with Gasteiger partial charge in [0.25, 0.3) is 0 Å². The number of hydrogen-bond acceptors (Lipinski definition) is 7. The van der Waals surface area contributed by atoms with Crippen molar-refractivity contribution in [1.29, 1.82) is 0 Å². The number of alkyl halides is 1. The fraction of sp³-hybridized carbons (Fsp3) is 0.400. The van der Waals surface area contributed by atoms with Crippen LogP contribution in [0.5, 0.6) is 6.01 Å². The fourth-order valence-electron chi connectivity index (χ4n) is 6.42. The molecule has 11 heteroatoms. The molecule has 3 saturated heterocycles. The summed E-state index contributed by atoms with van der Waals surface area (Å²) in [4.78, 5) is 30.0. The fourth-order valence-corrected chi connectivity index (χ4v) is 6.87. The van der Waals surface area contributed by atoms with E-state index in [-0.39, 0.29) is 35.1 Å². The number of pyridine rings is 1. The van der Waals surface area contributed by atoms with E-state index in [1.807, 2.05) is 30.3 Å². The van der Waals surface area contributed by atoms with Gasteiger partial charge in [0.2, 0.25) is 5.91 Å². The summed E-state index contributed by atoms with van der Waals surface area (Å²) >= 11 is 12.3. The third-order valence-electron chi connectivity index (χ3n) is 8.45. The Labute approximate surface area is 246 Å². The summed E-state index contributed by atoms with van der Waals surface area (Å²) in [6.07, 6.45) is 4.92. The molecule has 212 valence electrons. The zero-order valence-corrected chi connectivity index (χ0v) is 23.8. The third kappa shape index (κ3) is 4.94. The summed E-state index contributed by atoms with van der Waals surface area (Å²) in [5.41, 5.74) is 0.950. The van der Waals surface area contributed by atoms with Crippen LogP contribution in [0.25, 0.3) is 32.9 Å². The van der Waals surface area contributed by atoms with Gasteiger partial charge < -0.3 is 19.9 Å². The van der Waals surface area contributed by atoms with Crippen molar-refractivity contribution in [2.75, 3.05) is 37.0 Å². The van der Waals surface area contributed by atoms with Crippen LogP contribution in [-0.4, -0.2) is 76.0 Å². The number of aromatic nitrogens is 3. The maximum Gasteiger partial charge on any atom is 0.319 e. The maximum atomic E-state index is 16.5. The van der Waals surface area contributed by atoms with Gasteiger partial charge in [-0.05, 0) is 24.3 Å².